The molecule has 1 fully saturated rings. The highest BCUT2D eigenvalue weighted by Crippen LogP contribution is 2.25. The van der Waals surface area contributed by atoms with Crippen LogP contribution in [0.3, 0.4) is 0 Å². The molecular weight excluding hydrogens is 343 g/mol. The van der Waals surface area contributed by atoms with Crippen LogP contribution in [0.1, 0.15) is 52.0 Å². The van der Waals surface area contributed by atoms with Gasteiger partial charge >= 0.3 is 6.09 Å². The molecule has 0 heterocycles. The maximum atomic E-state index is 13.2. The number of carbonyl (C=O) groups is 1. The van der Waals surface area contributed by atoms with E-state index in [1.165, 1.54) is 18.9 Å². The summed E-state index contributed by atoms with van der Waals surface area (Å²) in [6, 6.07) is 5.10. The molecule has 140 valence electrons. The van der Waals surface area contributed by atoms with E-state index in [1.54, 1.807) is 12.1 Å². The highest BCUT2D eigenvalue weighted by Gasteiger charge is 2.26. The van der Waals surface area contributed by atoms with Crippen molar-refractivity contribution in [3.8, 4) is 0 Å². The van der Waals surface area contributed by atoms with Gasteiger partial charge in [0.2, 0.25) is 0 Å². The molecule has 25 heavy (non-hydrogen) atoms. The number of hydrogen-bond acceptors (Lipinski definition) is 3. The van der Waals surface area contributed by atoms with Gasteiger partial charge in [0.15, 0.2) is 0 Å². The van der Waals surface area contributed by atoms with Crippen LogP contribution in [0.4, 0.5) is 9.18 Å². The lowest BCUT2D eigenvalue weighted by Gasteiger charge is -2.33. The van der Waals surface area contributed by atoms with Gasteiger partial charge in [0.1, 0.15) is 11.4 Å². The Morgan fingerprint density at radius 3 is 2.72 bits per heavy atom. The van der Waals surface area contributed by atoms with Crippen LogP contribution in [-0.4, -0.2) is 24.3 Å². The molecule has 0 spiro atoms. The average Bonchev–Trinajstić information content (AvgIpc) is 2.53. The van der Waals surface area contributed by atoms with E-state index in [0.717, 1.165) is 18.4 Å². The van der Waals surface area contributed by atoms with Gasteiger partial charge < -0.3 is 15.4 Å². The first-order valence-corrected chi connectivity index (χ1v) is 9.26. The molecule has 1 amide bonds. The molecule has 2 N–H and O–H groups in total. The van der Waals surface area contributed by atoms with E-state index in [9.17, 15) is 9.18 Å². The van der Waals surface area contributed by atoms with Gasteiger partial charge in [-0.15, -0.1) is 0 Å². The minimum atomic E-state index is -0.490. The SMILES string of the molecule is CC(C)(C)OC(=O)NCC1CCCCC1NCc1ccc(F)c(Cl)c1. The number of nitrogens with one attached hydrogen (secondary N) is 2. The maximum absolute atomic E-state index is 13.2. The Hall–Kier alpha value is -1.33. The number of amides is 1. The number of benzene rings is 1. The van der Waals surface area contributed by atoms with Crippen LogP contribution in [0.5, 0.6) is 0 Å². The molecule has 1 aromatic rings. The molecule has 1 aliphatic rings. The van der Waals surface area contributed by atoms with Crippen LogP contribution in [0.15, 0.2) is 18.2 Å². The zero-order valence-electron chi connectivity index (χ0n) is 15.2. The summed E-state index contributed by atoms with van der Waals surface area (Å²) >= 11 is 5.84. The summed E-state index contributed by atoms with van der Waals surface area (Å²) in [4.78, 5) is 11.9. The van der Waals surface area contributed by atoms with Crippen LogP contribution in [0.25, 0.3) is 0 Å². The van der Waals surface area contributed by atoms with E-state index in [4.69, 9.17) is 16.3 Å². The fourth-order valence-corrected chi connectivity index (χ4v) is 3.35. The van der Waals surface area contributed by atoms with E-state index in [1.807, 2.05) is 20.8 Å². The first-order chi connectivity index (χ1) is 11.7. The minimum Gasteiger partial charge on any atom is -0.444 e. The van der Waals surface area contributed by atoms with Crippen molar-refractivity contribution in [2.45, 2.75) is 64.6 Å². The summed E-state index contributed by atoms with van der Waals surface area (Å²) < 4.78 is 18.5. The molecule has 1 aromatic carbocycles. The molecule has 1 saturated carbocycles. The summed E-state index contributed by atoms with van der Waals surface area (Å²) in [5, 5.41) is 6.56. The second-order valence-electron chi connectivity index (χ2n) is 7.66. The molecule has 6 heteroatoms. The largest absolute Gasteiger partial charge is 0.444 e. The van der Waals surface area contributed by atoms with Crippen molar-refractivity contribution in [1.29, 1.82) is 0 Å². The molecule has 2 rings (SSSR count). The van der Waals surface area contributed by atoms with Gasteiger partial charge in [-0.3, -0.25) is 0 Å². The van der Waals surface area contributed by atoms with Gasteiger partial charge in [-0.25, -0.2) is 9.18 Å². The Kier molecular flexibility index (Phi) is 7.08. The summed E-state index contributed by atoms with van der Waals surface area (Å²) in [5.41, 5.74) is 0.465. The quantitative estimate of drug-likeness (QED) is 0.793. The van der Waals surface area contributed by atoms with E-state index < -0.39 is 11.4 Å². The summed E-state index contributed by atoms with van der Waals surface area (Å²) in [6.45, 7) is 6.78. The lowest BCUT2D eigenvalue weighted by Crippen LogP contribution is -2.44. The third-order valence-corrected chi connectivity index (χ3v) is 4.66. The highest BCUT2D eigenvalue weighted by atomic mass is 35.5. The van der Waals surface area contributed by atoms with Crippen molar-refractivity contribution < 1.29 is 13.9 Å². The standard InChI is InChI=1S/C19H28ClFN2O2/c1-19(2,3)25-18(24)23-12-14-6-4-5-7-17(14)22-11-13-8-9-16(21)15(20)10-13/h8-10,14,17,22H,4-7,11-12H2,1-3H3,(H,23,24). The lowest BCUT2D eigenvalue weighted by atomic mass is 9.84. The van der Waals surface area contributed by atoms with Crippen molar-refractivity contribution in [2.24, 2.45) is 5.92 Å². The molecule has 2 atom stereocenters. The van der Waals surface area contributed by atoms with E-state index in [-0.39, 0.29) is 11.1 Å². The zero-order chi connectivity index (χ0) is 18.4. The van der Waals surface area contributed by atoms with E-state index in [0.29, 0.717) is 25.0 Å². The summed E-state index contributed by atoms with van der Waals surface area (Å²) in [5.74, 6) is -0.0419. The number of alkyl carbamates (subject to hydrolysis) is 1. The number of ether oxygens (including phenoxy) is 1. The average molecular weight is 371 g/mol. The normalized spacial score (nSPS) is 21.0. The monoisotopic (exact) mass is 370 g/mol. The minimum absolute atomic E-state index is 0.145. The third kappa shape index (κ3) is 6.83. The van der Waals surface area contributed by atoms with Crippen LogP contribution < -0.4 is 10.6 Å². The topological polar surface area (TPSA) is 50.4 Å². The maximum Gasteiger partial charge on any atom is 0.407 e. The first-order valence-electron chi connectivity index (χ1n) is 8.89. The number of carbonyl (C=O) groups excluding carboxylic acids is 1. The summed E-state index contributed by atoms with van der Waals surface area (Å²) in [7, 11) is 0. The predicted molar refractivity (Wildman–Crippen MR) is 98.2 cm³/mol. The van der Waals surface area contributed by atoms with Crippen LogP contribution in [0, 0.1) is 11.7 Å². The van der Waals surface area contributed by atoms with Gasteiger partial charge in [0.25, 0.3) is 0 Å². The van der Waals surface area contributed by atoms with Crippen molar-refractivity contribution in [1.82, 2.24) is 10.6 Å². The molecular formula is C19H28ClFN2O2. The van der Waals surface area contributed by atoms with E-state index in [2.05, 4.69) is 10.6 Å². The highest BCUT2D eigenvalue weighted by molar-refractivity contribution is 6.30. The predicted octanol–water partition coefficient (Wildman–Crippen LogP) is 4.65. The molecule has 2 unspecified atom stereocenters. The summed E-state index contributed by atoms with van der Waals surface area (Å²) in [6.07, 6.45) is 4.10. The lowest BCUT2D eigenvalue weighted by molar-refractivity contribution is 0.0510. The van der Waals surface area contributed by atoms with Crippen molar-refractivity contribution in [3.05, 3.63) is 34.6 Å². The van der Waals surface area contributed by atoms with Gasteiger partial charge in [0, 0.05) is 19.1 Å². The van der Waals surface area contributed by atoms with Gasteiger partial charge in [0.05, 0.1) is 5.02 Å². The zero-order valence-corrected chi connectivity index (χ0v) is 16.0. The Morgan fingerprint density at radius 1 is 1.32 bits per heavy atom. The third-order valence-electron chi connectivity index (χ3n) is 4.37. The van der Waals surface area contributed by atoms with Crippen LogP contribution in [-0.2, 0) is 11.3 Å². The fraction of sp³-hybridized carbons (Fsp3) is 0.632. The number of rotatable bonds is 5. The Bertz CT molecular complexity index is 589. The molecule has 0 bridgehead atoms. The Labute approximate surface area is 154 Å². The second-order valence-corrected chi connectivity index (χ2v) is 8.07. The van der Waals surface area contributed by atoms with Crippen molar-refractivity contribution >= 4 is 17.7 Å². The molecule has 4 nitrogen and oxygen atoms in total. The molecule has 0 aliphatic heterocycles. The molecule has 1 aliphatic carbocycles. The van der Waals surface area contributed by atoms with Crippen LogP contribution >= 0.6 is 11.6 Å². The van der Waals surface area contributed by atoms with Gasteiger partial charge in [-0.1, -0.05) is 30.5 Å². The second kappa shape index (κ2) is 8.86. The smallest absolute Gasteiger partial charge is 0.407 e. The van der Waals surface area contributed by atoms with E-state index >= 15 is 0 Å². The molecule has 0 radical (unpaired) electrons. The Morgan fingerprint density at radius 2 is 2.04 bits per heavy atom. The van der Waals surface area contributed by atoms with Gasteiger partial charge in [-0.05, 0) is 57.2 Å². The number of hydrogen-bond donors (Lipinski definition) is 2. The Balaban J connectivity index is 1.85. The van der Waals surface area contributed by atoms with Crippen molar-refractivity contribution in [3.63, 3.8) is 0 Å². The number of halogens is 2. The molecule has 0 saturated heterocycles. The van der Waals surface area contributed by atoms with Crippen molar-refractivity contribution in [2.75, 3.05) is 6.54 Å². The first kappa shape index (κ1) is 20.0. The fourth-order valence-electron chi connectivity index (χ4n) is 3.15. The van der Waals surface area contributed by atoms with Gasteiger partial charge in [-0.2, -0.15) is 0 Å². The van der Waals surface area contributed by atoms with Crippen LogP contribution in [0.2, 0.25) is 5.02 Å². The molecule has 0 aromatic heterocycles.